The van der Waals surface area contributed by atoms with E-state index in [1.165, 1.54) is 19.1 Å². The van der Waals surface area contributed by atoms with Crippen molar-refractivity contribution in [3.05, 3.63) is 42.0 Å². The third-order valence-electron chi connectivity index (χ3n) is 2.39. The van der Waals surface area contributed by atoms with Gasteiger partial charge in [0.05, 0.1) is 0 Å². The molecule has 1 rings (SSSR count). The molecule has 0 atom stereocenters. The van der Waals surface area contributed by atoms with Crippen LogP contribution in [0, 0.1) is 0 Å². The Balaban J connectivity index is 2.45. The monoisotopic (exact) mass is 290 g/mol. The average molecular weight is 290 g/mol. The van der Waals surface area contributed by atoms with E-state index in [9.17, 15) is 14.4 Å². The number of carbonyl (C=O) groups is 3. The van der Waals surface area contributed by atoms with Crippen molar-refractivity contribution in [1.29, 1.82) is 0 Å². The minimum Gasteiger partial charge on any atom is -0.427 e. The number of ether oxygens (including phenoxy) is 1. The molecule has 6 nitrogen and oxygen atoms in total. The van der Waals surface area contributed by atoms with Crippen molar-refractivity contribution >= 4 is 17.8 Å². The maximum atomic E-state index is 11.9. The topological polar surface area (TPSA) is 84.5 Å². The number of benzene rings is 1. The van der Waals surface area contributed by atoms with Gasteiger partial charge in [0, 0.05) is 25.6 Å². The van der Waals surface area contributed by atoms with Crippen molar-refractivity contribution in [3.63, 3.8) is 0 Å². The average Bonchev–Trinajstić information content (AvgIpc) is 2.43. The molecule has 0 spiro atoms. The van der Waals surface area contributed by atoms with Crippen LogP contribution in [0.25, 0.3) is 0 Å². The van der Waals surface area contributed by atoms with Gasteiger partial charge in [-0.25, -0.2) is 0 Å². The second-order valence-corrected chi connectivity index (χ2v) is 4.17. The van der Waals surface area contributed by atoms with Gasteiger partial charge in [-0.15, -0.1) is 0 Å². The summed E-state index contributed by atoms with van der Waals surface area (Å²) in [6.45, 7) is 3.68. The highest BCUT2D eigenvalue weighted by atomic mass is 16.5. The van der Waals surface area contributed by atoms with Gasteiger partial charge in [0.15, 0.2) is 0 Å². The van der Waals surface area contributed by atoms with E-state index in [0.29, 0.717) is 24.4 Å². The van der Waals surface area contributed by atoms with E-state index in [4.69, 9.17) is 4.74 Å². The third kappa shape index (κ3) is 6.38. The highest BCUT2D eigenvalue weighted by molar-refractivity contribution is 5.94. The molecular weight excluding hydrogens is 272 g/mol. The molecule has 0 aliphatic heterocycles. The predicted molar refractivity (Wildman–Crippen MR) is 77.9 cm³/mol. The summed E-state index contributed by atoms with van der Waals surface area (Å²) < 4.78 is 4.91. The number of esters is 1. The molecule has 0 radical (unpaired) electrons. The minimum atomic E-state index is -0.445. The van der Waals surface area contributed by atoms with Gasteiger partial charge in [-0.2, -0.15) is 0 Å². The molecule has 0 fully saturated rings. The first kappa shape index (κ1) is 16.4. The molecule has 0 aromatic heterocycles. The summed E-state index contributed by atoms with van der Waals surface area (Å²) in [5.74, 6) is -0.635. The fourth-order valence-corrected chi connectivity index (χ4v) is 1.54. The third-order valence-corrected chi connectivity index (χ3v) is 2.39. The Morgan fingerprint density at radius 1 is 1.19 bits per heavy atom. The Hall–Kier alpha value is -2.63. The van der Waals surface area contributed by atoms with Crippen molar-refractivity contribution in [1.82, 2.24) is 10.6 Å². The normalized spacial score (nSPS) is 10.2. The predicted octanol–water partition coefficient (Wildman–Crippen LogP) is 1.03. The fourth-order valence-electron chi connectivity index (χ4n) is 1.54. The number of rotatable bonds is 6. The van der Waals surface area contributed by atoms with E-state index in [2.05, 4.69) is 10.6 Å². The molecule has 0 saturated carbocycles. The second kappa shape index (κ2) is 8.52. The van der Waals surface area contributed by atoms with Crippen molar-refractivity contribution < 1.29 is 19.1 Å². The van der Waals surface area contributed by atoms with Gasteiger partial charge in [0.25, 0.3) is 5.91 Å². The van der Waals surface area contributed by atoms with E-state index in [-0.39, 0.29) is 11.8 Å². The Kier molecular flexibility index (Phi) is 6.67. The van der Waals surface area contributed by atoms with Crippen LogP contribution in [-0.4, -0.2) is 30.9 Å². The molecule has 21 heavy (non-hydrogen) atoms. The molecule has 0 heterocycles. The van der Waals surface area contributed by atoms with Crippen LogP contribution >= 0.6 is 0 Å². The van der Waals surface area contributed by atoms with Gasteiger partial charge < -0.3 is 15.4 Å². The zero-order chi connectivity index (χ0) is 15.7. The van der Waals surface area contributed by atoms with Crippen molar-refractivity contribution in [2.24, 2.45) is 0 Å². The lowest BCUT2D eigenvalue weighted by Gasteiger charge is -2.07. The SMILES string of the molecule is C/C=C/C(=O)NCCNC(=O)c1cccc(OC(C)=O)c1. The highest BCUT2D eigenvalue weighted by Gasteiger charge is 2.07. The summed E-state index contributed by atoms with van der Waals surface area (Å²) in [4.78, 5) is 33.9. The Morgan fingerprint density at radius 2 is 1.90 bits per heavy atom. The standard InChI is InChI=1S/C15H18N2O4/c1-3-5-14(19)16-8-9-17-15(20)12-6-4-7-13(10-12)21-11(2)18/h3-7,10H,8-9H2,1-2H3,(H,16,19)(H,17,20)/b5-3+. The highest BCUT2D eigenvalue weighted by Crippen LogP contribution is 2.13. The fraction of sp³-hybridized carbons (Fsp3) is 0.267. The molecular formula is C15H18N2O4. The van der Waals surface area contributed by atoms with Crippen LogP contribution in [0.2, 0.25) is 0 Å². The van der Waals surface area contributed by atoms with E-state index in [1.807, 2.05) is 0 Å². The van der Waals surface area contributed by atoms with Crippen LogP contribution in [0.5, 0.6) is 5.75 Å². The van der Waals surface area contributed by atoms with E-state index >= 15 is 0 Å². The molecule has 2 amide bonds. The Bertz CT molecular complexity index is 552. The molecule has 1 aromatic rings. The molecule has 0 unspecified atom stereocenters. The molecule has 2 N–H and O–H groups in total. The number of amides is 2. The summed E-state index contributed by atoms with van der Waals surface area (Å²) in [6.07, 6.45) is 3.04. The van der Waals surface area contributed by atoms with E-state index in [1.54, 1.807) is 31.2 Å². The lowest BCUT2D eigenvalue weighted by Crippen LogP contribution is -2.34. The van der Waals surface area contributed by atoms with E-state index < -0.39 is 5.97 Å². The molecule has 6 heteroatoms. The summed E-state index contributed by atoms with van der Waals surface area (Å²) >= 11 is 0. The van der Waals surface area contributed by atoms with Crippen LogP contribution in [0.3, 0.4) is 0 Å². The smallest absolute Gasteiger partial charge is 0.308 e. The summed E-state index contributed by atoms with van der Waals surface area (Å²) in [5, 5.41) is 5.28. The van der Waals surface area contributed by atoms with Gasteiger partial charge in [-0.05, 0) is 31.2 Å². The molecule has 0 aliphatic carbocycles. The van der Waals surface area contributed by atoms with Crippen LogP contribution in [0.1, 0.15) is 24.2 Å². The number of hydrogen-bond donors (Lipinski definition) is 2. The second-order valence-electron chi connectivity index (χ2n) is 4.17. The largest absolute Gasteiger partial charge is 0.427 e. The number of allylic oxidation sites excluding steroid dienone is 1. The van der Waals surface area contributed by atoms with Crippen LogP contribution in [0.4, 0.5) is 0 Å². The van der Waals surface area contributed by atoms with Crippen LogP contribution in [-0.2, 0) is 9.59 Å². The first-order chi connectivity index (χ1) is 10.0. The van der Waals surface area contributed by atoms with Gasteiger partial charge in [-0.3, -0.25) is 14.4 Å². The molecule has 112 valence electrons. The summed E-state index contributed by atoms with van der Waals surface area (Å²) in [6, 6.07) is 6.31. The van der Waals surface area contributed by atoms with Crippen molar-refractivity contribution in [3.8, 4) is 5.75 Å². The molecule has 0 saturated heterocycles. The van der Waals surface area contributed by atoms with E-state index in [0.717, 1.165) is 0 Å². The number of hydrogen-bond acceptors (Lipinski definition) is 4. The van der Waals surface area contributed by atoms with Gasteiger partial charge in [0.2, 0.25) is 5.91 Å². The quantitative estimate of drug-likeness (QED) is 0.355. The van der Waals surface area contributed by atoms with Crippen LogP contribution < -0.4 is 15.4 Å². The van der Waals surface area contributed by atoms with Crippen LogP contribution in [0.15, 0.2) is 36.4 Å². The van der Waals surface area contributed by atoms with Gasteiger partial charge >= 0.3 is 5.97 Å². The summed E-state index contributed by atoms with van der Waals surface area (Å²) in [5.41, 5.74) is 0.383. The zero-order valence-corrected chi connectivity index (χ0v) is 12.0. The first-order valence-electron chi connectivity index (χ1n) is 6.50. The number of carbonyl (C=O) groups excluding carboxylic acids is 3. The lowest BCUT2D eigenvalue weighted by molar-refractivity contribution is -0.131. The van der Waals surface area contributed by atoms with Gasteiger partial charge in [0.1, 0.15) is 5.75 Å². The molecule has 1 aromatic carbocycles. The van der Waals surface area contributed by atoms with Crippen molar-refractivity contribution in [2.75, 3.05) is 13.1 Å². The first-order valence-corrected chi connectivity index (χ1v) is 6.50. The minimum absolute atomic E-state index is 0.205. The lowest BCUT2D eigenvalue weighted by atomic mass is 10.2. The molecule has 0 bridgehead atoms. The number of nitrogens with one attached hydrogen (secondary N) is 2. The Labute approximate surface area is 123 Å². The molecule has 0 aliphatic rings. The maximum absolute atomic E-state index is 11.9. The van der Waals surface area contributed by atoms with Gasteiger partial charge in [-0.1, -0.05) is 12.1 Å². The maximum Gasteiger partial charge on any atom is 0.308 e. The van der Waals surface area contributed by atoms with Crippen molar-refractivity contribution in [2.45, 2.75) is 13.8 Å². The zero-order valence-electron chi connectivity index (χ0n) is 12.0. The summed E-state index contributed by atoms with van der Waals surface area (Å²) in [7, 11) is 0. The Morgan fingerprint density at radius 3 is 2.57 bits per heavy atom.